The zero-order chi connectivity index (χ0) is 26.3. The van der Waals surface area contributed by atoms with E-state index in [9.17, 15) is 22.8 Å². The molecule has 1 heterocycles. The number of nitrogens with zero attached hydrogens (tertiary/aromatic N) is 3. The molecule has 8 nitrogen and oxygen atoms in total. The highest BCUT2D eigenvalue weighted by atomic mass is 35.5. The summed E-state index contributed by atoms with van der Waals surface area (Å²) in [6, 6.07) is 8.77. The molecular weight excluding hydrogens is 538 g/mol. The number of carbonyl (C=O) groups excluding carboxylic acids is 1. The van der Waals surface area contributed by atoms with Crippen molar-refractivity contribution in [3.05, 3.63) is 69.2 Å². The number of aromatic nitrogens is 2. The Bertz CT molecular complexity index is 1230. The van der Waals surface area contributed by atoms with Crippen molar-refractivity contribution in [2.75, 3.05) is 26.4 Å². The van der Waals surface area contributed by atoms with Gasteiger partial charge in [0.2, 0.25) is 12.7 Å². The van der Waals surface area contributed by atoms with Gasteiger partial charge < -0.3 is 18.8 Å². The zero-order valence-electron chi connectivity index (χ0n) is 20.1. The Morgan fingerprint density at radius 1 is 1.14 bits per heavy atom. The third-order valence-electron chi connectivity index (χ3n) is 5.37. The van der Waals surface area contributed by atoms with Gasteiger partial charge in [-0.1, -0.05) is 25.4 Å². The molecule has 0 amide bonds. The molecule has 0 saturated heterocycles. The molecule has 1 aromatic heterocycles. The summed E-state index contributed by atoms with van der Waals surface area (Å²) in [5.74, 6) is -1.06. The first-order valence-corrected chi connectivity index (χ1v) is 11.5. The van der Waals surface area contributed by atoms with Crippen LogP contribution in [0.2, 0.25) is 5.02 Å². The van der Waals surface area contributed by atoms with Gasteiger partial charge in [-0.05, 0) is 55.6 Å². The summed E-state index contributed by atoms with van der Waals surface area (Å²) in [6.45, 7) is 5.81. The fourth-order valence-corrected chi connectivity index (χ4v) is 3.51. The van der Waals surface area contributed by atoms with Gasteiger partial charge in [-0.25, -0.2) is 4.79 Å². The molecule has 0 radical (unpaired) electrons. The van der Waals surface area contributed by atoms with Gasteiger partial charge in [0.25, 0.3) is 0 Å². The molecule has 13 heteroatoms. The van der Waals surface area contributed by atoms with Gasteiger partial charge in [0.1, 0.15) is 5.75 Å². The second kappa shape index (κ2) is 13.5. The topological polar surface area (TPSA) is 86.8 Å². The molecule has 2 aromatic carbocycles. The van der Waals surface area contributed by atoms with Crippen LogP contribution in [0.1, 0.15) is 31.4 Å². The maximum atomic E-state index is 12.8. The first kappa shape index (κ1) is 30.2. The lowest BCUT2D eigenvalue weighted by Gasteiger charge is -2.17. The van der Waals surface area contributed by atoms with Crippen molar-refractivity contribution >= 4 is 30.0 Å². The van der Waals surface area contributed by atoms with Crippen molar-refractivity contribution in [1.82, 2.24) is 14.7 Å². The third-order valence-corrected chi connectivity index (χ3v) is 5.60. The highest BCUT2D eigenvalue weighted by molar-refractivity contribution is 6.30. The fraction of sp³-hybridized carbons (Fsp3) is 0.375. The summed E-state index contributed by atoms with van der Waals surface area (Å²) in [5.41, 5.74) is -0.170. The Labute approximate surface area is 222 Å². The first-order valence-electron chi connectivity index (χ1n) is 11.2. The van der Waals surface area contributed by atoms with Gasteiger partial charge in [-0.2, -0.15) is 17.9 Å². The van der Waals surface area contributed by atoms with E-state index in [4.69, 9.17) is 25.5 Å². The normalized spacial score (nSPS) is 11.3. The number of ether oxygens (including phenoxy) is 2. The molecule has 0 aliphatic carbocycles. The van der Waals surface area contributed by atoms with Crippen LogP contribution in [-0.4, -0.2) is 47.1 Å². The SMILES string of the molecule is CCN(CC)CCC(=O)OCOc1ccc(Cl)cc1Cn1nc(-c2ccc(C(F)(F)F)cc2)oc1=O.Cl. The monoisotopic (exact) mass is 563 g/mol. The van der Waals surface area contributed by atoms with E-state index in [2.05, 4.69) is 10.00 Å². The predicted octanol–water partition coefficient (Wildman–Crippen LogP) is 5.26. The summed E-state index contributed by atoms with van der Waals surface area (Å²) in [6.07, 6.45) is -4.26. The fourth-order valence-electron chi connectivity index (χ4n) is 3.32. The summed E-state index contributed by atoms with van der Waals surface area (Å²) in [4.78, 5) is 26.4. The molecule has 202 valence electrons. The van der Waals surface area contributed by atoms with E-state index in [0.29, 0.717) is 22.9 Å². The van der Waals surface area contributed by atoms with Crippen LogP contribution in [0.25, 0.3) is 11.5 Å². The van der Waals surface area contributed by atoms with Crippen LogP contribution < -0.4 is 10.5 Å². The van der Waals surface area contributed by atoms with Crippen LogP contribution in [-0.2, 0) is 22.3 Å². The number of benzene rings is 2. The zero-order valence-corrected chi connectivity index (χ0v) is 21.7. The largest absolute Gasteiger partial charge is 0.457 e. The second-order valence-corrected chi connectivity index (χ2v) is 8.15. The van der Waals surface area contributed by atoms with E-state index in [1.807, 2.05) is 13.8 Å². The smallest absolute Gasteiger partial charge is 0.437 e. The van der Waals surface area contributed by atoms with Gasteiger partial charge >= 0.3 is 17.9 Å². The van der Waals surface area contributed by atoms with Crippen LogP contribution in [0.4, 0.5) is 13.2 Å². The van der Waals surface area contributed by atoms with Crippen LogP contribution in [0, 0.1) is 0 Å². The van der Waals surface area contributed by atoms with E-state index >= 15 is 0 Å². The summed E-state index contributed by atoms with van der Waals surface area (Å²) in [7, 11) is 0. The minimum atomic E-state index is -4.48. The van der Waals surface area contributed by atoms with E-state index in [-0.39, 0.29) is 43.6 Å². The maximum Gasteiger partial charge on any atom is 0.437 e. The number of hydrogen-bond acceptors (Lipinski definition) is 7. The van der Waals surface area contributed by atoms with E-state index in [1.54, 1.807) is 18.2 Å². The lowest BCUT2D eigenvalue weighted by atomic mass is 10.1. The van der Waals surface area contributed by atoms with Crippen LogP contribution in [0.3, 0.4) is 0 Å². The molecule has 0 spiro atoms. The number of alkyl halides is 3. The van der Waals surface area contributed by atoms with Crippen LogP contribution >= 0.6 is 24.0 Å². The number of halogens is 5. The minimum absolute atomic E-state index is 0. The average Bonchev–Trinajstić information content (AvgIpc) is 3.20. The minimum Gasteiger partial charge on any atom is -0.457 e. The number of carbonyl (C=O) groups is 1. The summed E-state index contributed by atoms with van der Waals surface area (Å²) in [5, 5.41) is 4.44. The molecule has 0 fully saturated rings. The van der Waals surface area contributed by atoms with Gasteiger partial charge in [0.15, 0.2) is 0 Å². The molecule has 0 aliphatic rings. The van der Waals surface area contributed by atoms with Crippen molar-refractivity contribution in [2.45, 2.75) is 33.0 Å². The van der Waals surface area contributed by atoms with Gasteiger partial charge in [0, 0.05) is 22.7 Å². The molecule has 3 aromatic rings. The Balaban J connectivity index is 0.00000481. The molecule has 0 unspecified atom stereocenters. The summed E-state index contributed by atoms with van der Waals surface area (Å²) >= 11 is 6.09. The van der Waals surface area contributed by atoms with E-state index in [0.717, 1.165) is 29.9 Å². The standard InChI is InChI=1S/C24H25ClF3N3O5.ClH/c1-3-30(4-2)12-11-21(32)35-15-34-20-10-9-19(25)13-17(20)14-31-23(33)36-22(29-31)16-5-7-18(8-6-16)24(26,27)28;/h5-10,13H,3-4,11-12,14-15H2,1-2H3;1H. The highest BCUT2D eigenvalue weighted by Gasteiger charge is 2.30. The van der Waals surface area contributed by atoms with Crippen molar-refractivity contribution in [2.24, 2.45) is 0 Å². The van der Waals surface area contributed by atoms with Crippen molar-refractivity contribution in [3.8, 4) is 17.2 Å². The van der Waals surface area contributed by atoms with E-state index in [1.165, 1.54) is 12.1 Å². The summed E-state index contributed by atoms with van der Waals surface area (Å²) < 4.78 is 55.2. The Morgan fingerprint density at radius 2 is 1.81 bits per heavy atom. The quantitative estimate of drug-likeness (QED) is 0.232. The lowest BCUT2D eigenvalue weighted by molar-refractivity contribution is -0.150. The molecule has 0 saturated carbocycles. The maximum absolute atomic E-state index is 12.8. The Hall–Kier alpha value is -3.02. The number of esters is 1. The average molecular weight is 564 g/mol. The van der Waals surface area contributed by atoms with Gasteiger partial charge in [-0.3, -0.25) is 4.79 Å². The second-order valence-electron chi connectivity index (χ2n) is 7.71. The van der Waals surface area contributed by atoms with E-state index < -0.39 is 23.5 Å². The highest BCUT2D eigenvalue weighted by Crippen LogP contribution is 2.30. The molecular formula is C24H26Cl2F3N3O5. The lowest BCUT2D eigenvalue weighted by Crippen LogP contribution is -2.26. The van der Waals surface area contributed by atoms with Crippen LogP contribution in [0.15, 0.2) is 51.7 Å². The van der Waals surface area contributed by atoms with Crippen molar-refractivity contribution in [3.63, 3.8) is 0 Å². The Kier molecular flexibility index (Phi) is 11.0. The van der Waals surface area contributed by atoms with Crippen molar-refractivity contribution in [1.29, 1.82) is 0 Å². The van der Waals surface area contributed by atoms with Crippen molar-refractivity contribution < 1.29 is 31.9 Å². The van der Waals surface area contributed by atoms with Crippen LogP contribution in [0.5, 0.6) is 5.75 Å². The third kappa shape index (κ3) is 8.51. The number of hydrogen-bond donors (Lipinski definition) is 0. The predicted molar refractivity (Wildman–Crippen MR) is 133 cm³/mol. The molecule has 0 atom stereocenters. The molecule has 3 rings (SSSR count). The number of rotatable bonds is 11. The van der Waals surface area contributed by atoms with Gasteiger partial charge in [-0.15, -0.1) is 17.5 Å². The molecule has 0 N–H and O–H groups in total. The molecule has 0 aliphatic heterocycles. The van der Waals surface area contributed by atoms with Gasteiger partial charge in [0.05, 0.1) is 18.5 Å². The Morgan fingerprint density at radius 3 is 2.43 bits per heavy atom. The molecule has 37 heavy (non-hydrogen) atoms. The molecule has 0 bridgehead atoms. The first-order chi connectivity index (χ1) is 17.1.